The molecule has 0 saturated heterocycles. The standard InChI is InChI=1S/C13H12BrFN2O3/c1-7-4-9(20-12(7)13(18)17-16)6-19-11-3-2-8(15)5-10(11)14/h2-5H,6,16H2,1H3,(H,17,18). The number of hydrazine groups is 1. The van der Waals surface area contributed by atoms with Crippen LogP contribution in [0.15, 0.2) is 33.2 Å². The van der Waals surface area contributed by atoms with Crippen molar-refractivity contribution in [3.63, 3.8) is 0 Å². The zero-order valence-electron chi connectivity index (χ0n) is 10.6. The lowest BCUT2D eigenvalue weighted by Gasteiger charge is -2.06. The minimum atomic E-state index is -0.503. The van der Waals surface area contributed by atoms with Gasteiger partial charge in [-0.2, -0.15) is 0 Å². The van der Waals surface area contributed by atoms with Gasteiger partial charge in [-0.3, -0.25) is 10.2 Å². The number of carbonyl (C=O) groups is 1. The van der Waals surface area contributed by atoms with E-state index in [4.69, 9.17) is 15.0 Å². The smallest absolute Gasteiger partial charge is 0.301 e. The summed E-state index contributed by atoms with van der Waals surface area (Å²) >= 11 is 3.20. The first-order chi connectivity index (χ1) is 9.51. The summed E-state index contributed by atoms with van der Waals surface area (Å²) in [7, 11) is 0. The lowest BCUT2D eigenvalue weighted by atomic mass is 10.2. The molecule has 0 fully saturated rings. The zero-order valence-corrected chi connectivity index (χ0v) is 12.2. The number of furan rings is 1. The minimum Gasteiger partial charge on any atom is -0.484 e. The van der Waals surface area contributed by atoms with Crippen LogP contribution in [0.2, 0.25) is 0 Å². The van der Waals surface area contributed by atoms with Crippen molar-refractivity contribution in [2.24, 2.45) is 5.84 Å². The van der Waals surface area contributed by atoms with Crippen LogP contribution in [0.4, 0.5) is 4.39 Å². The third kappa shape index (κ3) is 3.17. The maximum absolute atomic E-state index is 12.9. The van der Waals surface area contributed by atoms with Gasteiger partial charge in [-0.25, -0.2) is 10.2 Å². The normalized spacial score (nSPS) is 10.4. The van der Waals surface area contributed by atoms with E-state index in [1.807, 2.05) is 5.43 Å². The number of hydrogen-bond acceptors (Lipinski definition) is 4. The number of nitrogens with two attached hydrogens (primary N) is 1. The van der Waals surface area contributed by atoms with Gasteiger partial charge in [-0.1, -0.05) is 0 Å². The van der Waals surface area contributed by atoms with Crippen molar-refractivity contribution in [2.45, 2.75) is 13.5 Å². The van der Waals surface area contributed by atoms with Crippen molar-refractivity contribution in [2.75, 3.05) is 0 Å². The van der Waals surface area contributed by atoms with E-state index in [9.17, 15) is 9.18 Å². The first-order valence-corrected chi connectivity index (χ1v) is 6.48. The van der Waals surface area contributed by atoms with Crippen LogP contribution in [0.3, 0.4) is 0 Å². The van der Waals surface area contributed by atoms with Gasteiger partial charge in [0.05, 0.1) is 4.47 Å². The van der Waals surface area contributed by atoms with Gasteiger partial charge in [0.25, 0.3) is 0 Å². The van der Waals surface area contributed by atoms with Gasteiger partial charge in [-0.15, -0.1) is 0 Å². The molecule has 1 heterocycles. The van der Waals surface area contributed by atoms with E-state index in [-0.39, 0.29) is 18.2 Å². The van der Waals surface area contributed by atoms with Gasteiger partial charge in [0, 0.05) is 5.56 Å². The molecule has 1 amide bonds. The number of aryl methyl sites for hydroxylation is 1. The number of carbonyl (C=O) groups excluding carboxylic acids is 1. The molecule has 0 spiro atoms. The molecule has 0 saturated carbocycles. The molecule has 0 aliphatic heterocycles. The fourth-order valence-electron chi connectivity index (χ4n) is 1.65. The Kier molecular flexibility index (Phi) is 4.41. The molecule has 1 aromatic heterocycles. The van der Waals surface area contributed by atoms with Crippen LogP contribution >= 0.6 is 15.9 Å². The molecule has 0 atom stereocenters. The highest BCUT2D eigenvalue weighted by atomic mass is 79.9. The molecule has 2 rings (SSSR count). The van der Waals surface area contributed by atoms with Gasteiger partial charge < -0.3 is 9.15 Å². The van der Waals surface area contributed by atoms with Gasteiger partial charge in [0.2, 0.25) is 0 Å². The Morgan fingerprint density at radius 3 is 2.90 bits per heavy atom. The number of nitrogens with one attached hydrogen (secondary N) is 1. The first-order valence-electron chi connectivity index (χ1n) is 5.69. The lowest BCUT2D eigenvalue weighted by Crippen LogP contribution is -2.30. The molecule has 0 aliphatic carbocycles. The Balaban J connectivity index is 2.09. The fraction of sp³-hybridized carbons (Fsp3) is 0.154. The minimum absolute atomic E-state index is 0.114. The first kappa shape index (κ1) is 14.5. The lowest BCUT2D eigenvalue weighted by molar-refractivity contribution is 0.0921. The number of rotatable bonds is 4. The molecule has 0 radical (unpaired) electrons. The Bertz CT molecular complexity index is 643. The Morgan fingerprint density at radius 1 is 1.50 bits per heavy atom. The van der Waals surface area contributed by atoms with Gasteiger partial charge in [0.15, 0.2) is 5.76 Å². The summed E-state index contributed by atoms with van der Waals surface area (Å²) in [5.41, 5.74) is 2.66. The zero-order chi connectivity index (χ0) is 14.7. The fourth-order valence-corrected chi connectivity index (χ4v) is 2.12. The SMILES string of the molecule is Cc1cc(COc2ccc(F)cc2Br)oc1C(=O)NN. The molecule has 0 bridgehead atoms. The number of hydrogen-bond donors (Lipinski definition) is 2. The summed E-state index contributed by atoms with van der Waals surface area (Å²) in [4.78, 5) is 11.4. The van der Waals surface area contributed by atoms with E-state index >= 15 is 0 Å². The quantitative estimate of drug-likeness (QED) is 0.508. The van der Waals surface area contributed by atoms with Gasteiger partial charge >= 0.3 is 5.91 Å². The van der Waals surface area contributed by atoms with Crippen molar-refractivity contribution in [3.05, 3.63) is 51.6 Å². The van der Waals surface area contributed by atoms with Crippen molar-refractivity contribution in [1.82, 2.24) is 5.43 Å². The Labute approximate surface area is 123 Å². The second-order valence-corrected chi connectivity index (χ2v) is 4.92. The summed E-state index contributed by atoms with van der Waals surface area (Å²) in [5.74, 6) is 5.27. The molecule has 0 aliphatic rings. The molecule has 106 valence electrons. The summed E-state index contributed by atoms with van der Waals surface area (Å²) in [6.45, 7) is 1.84. The van der Waals surface area contributed by atoms with E-state index in [2.05, 4.69) is 15.9 Å². The highest BCUT2D eigenvalue weighted by Crippen LogP contribution is 2.26. The maximum atomic E-state index is 12.9. The maximum Gasteiger partial charge on any atom is 0.301 e. The number of amides is 1. The molecular weight excluding hydrogens is 331 g/mol. The molecule has 3 N–H and O–H groups in total. The van der Waals surface area contributed by atoms with Crippen molar-refractivity contribution in [1.29, 1.82) is 0 Å². The number of ether oxygens (including phenoxy) is 1. The van der Waals surface area contributed by atoms with Crippen LogP contribution in [-0.2, 0) is 6.61 Å². The van der Waals surface area contributed by atoms with Crippen LogP contribution in [0.1, 0.15) is 21.9 Å². The number of nitrogen functional groups attached to an aromatic ring is 1. The van der Waals surface area contributed by atoms with E-state index in [1.54, 1.807) is 13.0 Å². The van der Waals surface area contributed by atoms with Gasteiger partial charge in [0.1, 0.15) is 23.9 Å². The Hall–Kier alpha value is -1.86. The molecule has 5 nitrogen and oxygen atoms in total. The third-order valence-corrected chi connectivity index (χ3v) is 3.19. The summed E-state index contributed by atoms with van der Waals surface area (Å²) in [5, 5.41) is 0. The summed E-state index contributed by atoms with van der Waals surface area (Å²) < 4.78 is 24.3. The highest BCUT2D eigenvalue weighted by Gasteiger charge is 2.15. The molecule has 0 unspecified atom stereocenters. The van der Waals surface area contributed by atoms with Crippen LogP contribution in [0, 0.1) is 12.7 Å². The van der Waals surface area contributed by atoms with Crippen LogP contribution in [0.25, 0.3) is 0 Å². The van der Waals surface area contributed by atoms with Crippen molar-refractivity contribution >= 4 is 21.8 Å². The summed E-state index contributed by atoms with van der Waals surface area (Å²) in [6.07, 6.45) is 0. The van der Waals surface area contributed by atoms with E-state index in [1.165, 1.54) is 18.2 Å². The van der Waals surface area contributed by atoms with E-state index in [0.717, 1.165) is 0 Å². The molecule has 7 heteroatoms. The van der Waals surface area contributed by atoms with Gasteiger partial charge in [-0.05, 0) is 47.1 Å². The largest absolute Gasteiger partial charge is 0.484 e. The molecular formula is C13H12BrFN2O3. The molecule has 2 aromatic rings. The summed E-state index contributed by atoms with van der Waals surface area (Å²) in [6, 6.07) is 5.78. The van der Waals surface area contributed by atoms with Crippen molar-refractivity contribution in [3.8, 4) is 5.75 Å². The van der Waals surface area contributed by atoms with Crippen LogP contribution < -0.4 is 16.0 Å². The van der Waals surface area contributed by atoms with E-state index in [0.29, 0.717) is 21.5 Å². The second-order valence-electron chi connectivity index (χ2n) is 4.06. The molecule has 1 aromatic carbocycles. The monoisotopic (exact) mass is 342 g/mol. The average molecular weight is 343 g/mol. The topological polar surface area (TPSA) is 77.5 Å². The second kappa shape index (κ2) is 6.06. The predicted octanol–water partition coefficient (Wildman–Crippen LogP) is 2.67. The Morgan fingerprint density at radius 2 is 2.25 bits per heavy atom. The highest BCUT2D eigenvalue weighted by molar-refractivity contribution is 9.10. The predicted molar refractivity (Wildman–Crippen MR) is 73.5 cm³/mol. The third-order valence-electron chi connectivity index (χ3n) is 2.57. The molecule has 20 heavy (non-hydrogen) atoms. The van der Waals surface area contributed by atoms with Crippen LogP contribution in [0.5, 0.6) is 5.75 Å². The van der Waals surface area contributed by atoms with E-state index < -0.39 is 5.91 Å². The average Bonchev–Trinajstić information content (AvgIpc) is 2.78. The number of benzene rings is 1. The van der Waals surface area contributed by atoms with Crippen LogP contribution in [-0.4, -0.2) is 5.91 Å². The van der Waals surface area contributed by atoms with Crippen molar-refractivity contribution < 1.29 is 18.3 Å². The number of halogens is 2.